The van der Waals surface area contributed by atoms with Crippen molar-refractivity contribution in [1.29, 1.82) is 0 Å². The maximum atomic E-state index is 12.4. The van der Waals surface area contributed by atoms with Gasteiger partial charge in [0.2, 0.25) is 5.13 Å². The summed E-state index contributed by atoms with van der Waals surface area (Å²) in [6, 6.07) is 7.64. The third-order valence-electron chi connectivity index (χ3n) is 2.75. The Morgan fingerprint density at radius 1 is 1.26 bits per heavy atom. The highest BCUT2D eigenvalue weighted by Gasteiger charge is 2.13. The van der Waals surface area contributed by atoms with E-state index in [0.717, 1.165) is 10.6 Å². The van der Waals surface area contributed by atoms with Gasteiger partial charge in [-0.2, -0.15) is 0 Å². The molecule has 19 heavy (non-hydrogen) atoms. The predicted octanol–water partition coefficient (Wildman–Crippen LogP) is 2.21. The lowest BCUT2D eigenvalue weighted by Crippen LogP contribution is -2.19. The van der Waals surface area contributed by atoms with E-state index in [-0.39, 0.29) is 5.56 Å². The number of nitrogens with two attached hydrogens (primary N) is 1. The molecule has 0 fully saturated rings. The zero-order valence-corrected chi connectivity index (χ0v) is 11.7. The minimum absolute atomic E-state index is 0.0953. The molecule has 7 heteroatoms. The van der Waals surface area contributed by atoms with Gasteiger partial charge >= 0.3 is 0 Å². The molecule has 0 saturated carbocycles. The van der Waals surface area contributed by atoms with Crippen molar-refractivity contribution in [2.24, 2.45) is 7.05 Å². The van der Waals surface area contributed by atoms with Crippen LogP contribution in [0.15, 0.2) is 34.4 Å². The van der Waals surface area contributed by atoms with Crippen LogP contribution in [0.5, 0.6) is 0 Å². The molecule has 0 unspecified atom stereocenters. The molecule has 96 valence electrons. The van der Waals surface area contributed by atoms with Crippen molar-refractivity contribution in [2.75, 3.05) is 5.73 Å². The zero-order chi connectivity index (χ0) is 13.4. The molecule has 0 bridgehead atoms. The molecule has 0 spiro atoms. The molecule has 0 atom stereocenters. The molecule has 0 aliphatic heterocycles. The maximum absolute atomic E-state index is 12.4. The summed E-state index contributed by atoms with van der Waals surface area (Å²) in [6.45, 7) is 0. The van der Waals surface area contributed by atoms with Gasteiger partial charge in [-0.3, -0.25) is 4.79 Å². The summed E-state index contributed by atoms with van der Waals surface area (Å²) in [5, 5.41) is 10.5. The molecule has 0 aliphatic rings. The first kappa shape index (κ1) is 12.1. The Balaban J connectivity index is 2.16. The van der Waals surface area contributed by atoms with Crippen molar-refractivity contribution in [3.05, 3.63) is 40.0 Å². The number of nitrogen functional groups attached to an aromatic ring is 1. The van der Waals surface area contributed by atoms with Gasteiger partial charge in [-0.05, 0) is 23.6 Å². The van der Waals surface area contributed by atoms with Crippen LogP contribution in [0.25, 0.3) is 21.1 Å². The summed E-state index contributed by atoms with van der Waals surface area (Å²) in [6.07, 6.45) is 0. The van der Waals surface area contributed by atoms with Gasteiger partial charge in [0.25, 0.3) is 5.56 Å². The number of aromatic nitrogens is 3. The third-order valence-corrected chi connectivity index (χ3v) is 4.43. The van der Waals surface area contributed by atoms with Crippen LogP contribution < -0.4 is 11.3 Å². The van der Waals surface area contributed by atoms with E-state index in [2.05, 4.69) is 10.2 Å². The van der Waals surface area contributed by atoms with Crippen LogP contribution in [0.2, 0.25) is 0 Å². The summed E-state index contributed by atoms with van der Waals surface area (Å²) in [4.78, 5) is 13.4. The minimum Gasteiger partial charge on any atom is -0.374 e. The lowest BCUT2D eigenvalue weighted by Gasteiger charge is -2.07. The van der Waals surface area contributed by atoms with Crippen molar-refractivity contribution in [1.82, 2.24) is 14.8 Å². The summed E-state index contributed by atoms with van der Waals surface area (Å²) in [5.74, 6) is 0. The van der Waals surface area contributed by atoms with E-state index in [0.29, 0.717) is 15.7 Å². The minimum atomic E-state index is -0.0953. The van der Waals surface area contributed by atoms with Gasteiger partial charge in [-0.25, -0.2) is 0 Å². The van der Waals surface area contributed by atoms with E-state index in [9.17, 15) is 4.79 Å². The van der Waals surface area contributed by atoms with Crippen LogP contribution in [0.4, 0.5) is 5.13 Å². The van der Waals surface area contributed by atoms with E-state index in [4.69, 9.17) is 5.73 Å². The smallest absolute Gasteiger partial charge is 0.261 e. The predicted molar refractivity (Wildman–Crippen MR) is 78.3 cm³/mol. The first-order valence-corrected chi connectivity index (χ1v) is 7.19. The van der Waals surface area contributed by atoms with Crippen LogP contribution in [0.1, 0.15) is 0 Å². The van der Waals surface area contributed by atoms with Crippen LogP contribution in [-0.2, 0) is 7.05 Å². The van der Waals surface area contributed by atoms with E-state index >= 15 is 0 Å². The van der Waals surface area contributed by atoms with Crippen LogP contribution in [0.3, 0.4) is 0 Å². The molecule has 3 aromatic heterocycles. The van der Waals surface area contributed by atoms with Gasteiger partial charge in [0.15, 0.2) is 5.01 Å². The SMILES string of the molecule is Cn1c(-c2cccs2)ccc(-c2nnc(N)s2)c1=O. The second-order valence-corrected chi connectivity index (χ2v) is 5.88. The van der Waals surface area contributed by atoms with Gasteiger partial charge < -0.3 is 10.3 Å². The number of nitrogens with zero attached hydrogens (tertiary/aromatic N) is 3. The molecule has 5 nitrogen and oxygen atoms in total. The number of pyridine rings is 1. The topological polar surface area (TPSA) is 73.8 Å². The maximum Gasteiger partial charge on any atom is 0.261 e. The van der Waals surface area contributed by atoms with E-state index < -0.39 is 0 Å². The second kappa shape index (κ2) is 4.60. The molecule has 0 aliphatic carbocycles. The van der Waals surface area contributed by atoms with E-state index in [1.807, 2.05) is 23.6 Å². The first-order valence-electron chi connectivity index (χ1n) is 5.50. The highest BCUT2D eigenvalue weighted by molar-refractivity contribution is 7.18. The summed E-state index contributed by atoms with van der Waals surface area (Å²) >= 11 is 2.81. The molecule has 3 heterocycles. The van der Waals surface area contributed by atoms with Gasteiger partial charge in [0, 0.05) is 7.05 Å². The largest absolute Gasteiger partial charge is 0.374 e. The quantitative estimate of drug-likeness (QED) is 0.785. The Morgan fingerprint density at radius 3 is 2.74 bits per heavy atom. The Bertz CT molecular complexity index is 773. The van der Waals surface area contributed by atoms with Gasteiger partial charge in [-0.15, -0.1) is 21.5 Å². The normalized spacial score (nSPS) is 10.8. The summed E-state index contributed by atoms with van der Waals surface area (Å²) < 4.78 is 1.62. The second-order valence-electron chi connectivity index (χ2n) is 3.92. The van der Waals surface area contributed by atoms with Gasteiger partial charge in [0.1, 0.15) is 0 Å². The fourth-order valence-electron chi connectivity index (χ4n) is 1.81. The van der Waals surface area contributed by atoms with E-state index in [1.165, 1.54) is 11.3 Å². The molecule has 0 amide bonds. The first-order chi connectivity index (χ1) is 9.16. The highest BCUT2D eigenvalue weighted by atomic mass is 32.1. The molecule has 3 aromatic rings. The van der Waals surface area contributed by atoms with Crippen molar-refractivity contribution in [2.45, 2.75) is 0 Å². The number of thiophene rings is 1. The number of anilines is 1. The third kappa shape index (κ3) is 2.06. The molecule has 0 aromatic carbocycles. The van der Waals surface area contributed by atoms with Crippen molar-refractivity contribution < 1.29 is 0 Å². The summed E-state index contributed by atoms with van der Waals surface area (Å²) in [5.41, 5.74) is 6.87. The average Bonchev–Trinajstić information content (AvgIpc) is 3.04. The lowest BCUT2D eigenvalue weighted by atomic mass is 10.2. The number of hydrogen-bond donors (Lipinski definition) is 1. The van der Waals surface area contributed by atoms with Crippen molar-refractivity contribution in [3.63, 3.8) is 0 Å². The fourth-order valence-corrected chi connectivity index (χ4v) is 3.23. The standard InChI is InChI=1S/C12H10N4OS2/c1-16-8(9-3-2-6-18-9)5-4-7(11(16)17)10-14-15-12(13)19-10/h2-6H,1H3,(H2,13,15). The van der Waals surface area contributed by atoms with Crippen LogP contribution >= 0.6 is 22.7 Å². The lowest BCUT2D eigenvalue weighted by molar-refractivity contribution is 0.874. The fraction of sp³-hybridized carbons (Fsp3) is 0.0833. The Kier molecular flexibility index (Phi) is 2.92. The van der Waals surface area contributed by atoms with Crippen LogP contribution in [0, 0.1) is 0 Å². The van der Waals surface area contributed by atoms with Crippen LogP contribution in [-0.4, -0.2) is 14.8 Å². The molecule has 3 rings (SSSR count). The van der Waals surface area contributed by atoms with Crippen molar-refractivity contribution in [3.8, 4) is 21.1 Å². The van der Waals surface area contributed by atoms with Gasteiger partial charge in [-0.1, -0.05) is 17.4 Å². The summed E-state index contributed by atoms with van der Waals surface area (Å²) in [7, 11) is 1.76. The van der Waals surface area contributed by atoms with Crippen molar-refractivity contribution >= 4 is 27.8 Å². The zero-order valence-electron chi connectivity index (χ0n) is 10.0. The Labute approximate surface area is 117 Å². The molecule has 0 radical (unpaired) electrons. The highest BCUT2D eigenvalue weighted by Crippen LogP contribution is 2.26. The molecule has 0 saturated heterocycles. The number of rotatable bonds is 2. The monoisotopic (exact) mass is 290 g/mol. The Hall–Kier alpha value is -1.99. The molecular weight excluding hydrogens is 280 g/mol. The van der Waals surface area contributed by atoms with E-state index in [1.54, 1.807) is 29.0 Å². The number of hydrogen-bond acceptors (Lipinski definition) is 6. The average molecular weight is 290 g/mol. The molecular formula is C12H10N4OS2. The molecule has 2 N–H and O–H groups in total. The van der Waals surface area contributed by atoms with Gasteiger partial charge in [0.05, 0.1) is 16.1 Å². The Morgan fingerprint density at radius 2 is 2.11 bits per heavy atom.